The third-order valence-corrected chi connectivity index (χ3v) is 6.37. The Bertz CT molecular complexity index is 1300. The van der Waals surface area contributed by atoms with Gasteiger partial charge in [-0.05, 0) is 23.3 Å². The normalized spacial score (nSPS) is 14.5. The number of carbonyl (C=O) groups is 1. The zero-order valence-corrected chi connectivity index (χ0v) is 19.0. The number of fused-ring (bicyclic) bond motifs is 1. The second kappa shape index (κ2) is 9.53. The molecule has 0 spiro atoms. The highest BCUT2D eigenvalue weighted by Crippen LogP contribution is 2.30. The predicted octanol–water partition coefficient (Wildman–Crippen LogP) is 4.35. The number of rotatable bonds is 5. The standard InChI is InChI=1S/C28H26N2O4/c1-33-24-14-8-13-22-19-23(28(32)34-26(22)24)27(31)30-17-15-29(16-18-30)25(20-9-4-2-5-10-20)21-11-6-3-7-12-21/h2-14,19,25H,15-18H2,1H3. The molecule has 1 fully saturated rings. The van der Waals surface area contributed by atoms with Gasteiger partial charge in [0.2, 0.25) is 0 Å². The van der Waals surface area contributed by atoms with Crippen molar-refractivity contribution in [2.45, 2.75) is 6.04 Å². The smallest absolute Gasteiger partial charge is 0.349 e. The van der Waals surface area contributed by atoms with Crippen molar-refractivity contribution in [2.75, 3.05) is 33.3 Å². The quantitative estimate of drug-likeness (QED) is 0.420. The first-order valence-corrected chi connectivity index (χ1v) is 11.4. The van der Waals surface area contributed by atoms with Crippen LogP contribution in [0.3, 0.4) is 0 Å². The molecule has 6 nitrogen and oxygen atoms in total. The highest BCUT2D eigenvalue weighted by Gasteiger charge is 2.29. The van der Waals surface area contributed by atoms with Crippen molar-refractivity contribution in [3.05, 3.63) is 112 Å². The van der Waals surface area contributed by atoms with Crippen molar-refractivity contribution >= 4 is 16.9 Å². The van der Waals surface area contributed by atoms with Crippen LogP contribution in [0.15, 0.2) is 94.1 Å². The zero-order valence-electron chi connectivity index (χ0n) is 19.0. The minimum absolute atomic E-state index is 0.0527. The Balaban J connectivity index is 1.37. The number of nitrogens with zero attached hydrogens (tertiary/aromatic N) is 2. The largest absolute Gasteiger partial charge is 0.493 e. The van der Waals surface area contributed by atoms with Gasteiger partial charge in [-0.3, -0.25) is 9.69 Å². The van der Waals surface area contributed by atoms with Crippen molar-refractivity contribution < 1.29 is 13.9 Å². The molecule has 1 aromatic heterocycles. The van der Waals surface area contributed by atoms with Gasteiger partial charge in [-0.25, -0.2) is 4.79 Å². The van der Waals surface area contributed by atoms with E-state index < -0.39 is 5.63 Å². The molecule has 3 aromatic carbocycles. The average Bonchev–Trinajstić information content (AvgIpc) is 2.89. The lowest BCUT2D eigenvalue weighted by Gasteiger charge is -2.39. The molecule has 4 aromatic rings. The third-order valence-electron chi connectivity index (χ3n) is 6.37. The van der Waals surface area contributed by atoms with Gasteiger partial charge in [-0.1, -0.05) is 72.8 Å². The van der Waals surface area contributed by atoms with Crippen molar-refractivity contribution in [1.82, 2.24) is 9.80 Å². The molecule has 0 atom stereocenters. The van der Waals surface area contributed by atoms with E-state index in [9.17, 15) is 9.59 Å². The number of benzene rings is 3. The first-order valence-electron chi connectivity index (χ1n) is 11.4. The summed E-state index contributed by atoms with van der Waals surface area (Å²) < 4.78 is 10.7. The van der Waals surface area contributed by atoms with Crippen molar-refractivity contribution in [3.8, 4) is 5.75 Å². The Morgan fingerprint density at radius 1 is 0.853 bits per heavy atom. The molecule has 0 radical (unpaired) electrons. The van der Waals surface area contributed by atoms with E-state index in [0.717, 1.165) is 0 Å². The van der Waals surface area contributed by atoms with Crippen LogP contribution in [-0.2, 0) is 0 Å². The van der Waals surface area contributed by atoms with E-state index >= 15 is 0 Å². The van der Waals surface area contributed by atoms with Crippen LogP contribution in [0.1, 0.15) is 27.5 Å². The van der Waals surface area contributed by atoms with Gasteiger partial charge in [0.1, 0.15) is 5.56 Å². The van der Waals surface area contributed by atoms with Crippen LogP contribution >= 0.6 is 0 Å². The van der Waals surface area contributed by atoms with Crippen LogP contribution < -0.4 is 10.4 Å². The molecule has 34 heavy (non-hydrogen) atoms. The van der Waals surface area contributed by atoms with E-state index in [-0.39, 0.29) is 17.5 Å². The van der Waals surface area contributed by atoms with Crippen molar-refractivity contribution in [3.63, 3.8) is 0 Å². The molecule has 0 aliphatic carbocycles. The molecular weight excluding hydrogens is 428 g/mol. The Morgan fingerprint density at radius 2 is 1.47 bits per heavy atom. The maximum Gasteiger partial charge on any atom is 0.349 e. The van der Waals surface area contributed by atoms with E-state index in [1.165, 1.54) is 18.2 Å². The number of carbonyl (C=O) groups excluding carboxylic acids is 1. The monoisotopic (exact) mass is 454 g/mol. The number of hydrogen-bond acceptors (Lipinski definition) is 5. The van der Waals surface area contributed by atoms with Crippen molar-refractivity contribution in [2.24, 2.45) is 0 Å². The molecular formula is C28H26N2O4. The number of amides is 1. The Labute approximate surface area is 198 Å². The first kappa shape index (κ1) is 21.9. The van der Waals surface area contributed by atoms with E-state index in [0.29, 0.717) is 42.9 Å². The van der Waals surface area contributed by atoms with Crippen LogP contribution in [-0.4, -0.2) is 49.0 Å². The van der Waals surface area contributed by atoms with Gasteiger partial charge >= 0.3 is 5.63 Å². The number of piperazine rings is 1. The summed E-state index contributed by atoms with van der Waals surface area (Å²) in [5.74, 6) is 0.171. The molecule has 2 heterocycles. The molecule has 172 valence electrons. The summed E-state index contributed by atoms with van der Waals surface area (Å²) in [6.07, 6.45) is 0. The Morgan fingerprint density at radius 3 is 2.06 bits per heavy atom. The molecule has 6 heteroatoms. The molecule has 1 aliphatic heterocycles. The summed E-state index contributed by atoms with van der Waals surface area (Å²) in [6.45, 7) is 2.47. The van der Waals surface area contributed by atoms with Crippen LogP contribution in [0.4, 0.5) is 0 Å². The highest BCUT2D eigenvalue weighted by molar-refractivity contribution is 5.97. The second-order valence-corrected chi connectivity index (χ2v) is 8.38. The van der Waals surface area contributed by atoms with Gasteiger partial charge in [0, 0.05) is 31.6 Å². The zero-order chi connectivity index (χ0) is 23.5. The fraction of sp³-hybridized carbons (Fsp3) is 0.214. The first-order chi connectivity index (χ1) is 16.7. The summed E-state index contributed by atoms with van der Waals surface area (Å²) in [5.41, 5.74) is 2.20. The topological polar surface area (TPSA) is 63.0 Å². The van der Waals surface area contributed by atoms with Gasteiger partial charge in [-0.15, -0.1) is 0 Å². The van der Waals surface area contributed by atoms with Crippen molar-refractivity contribution in [1.29, 1.82) is 0 Å². The summed E-state index contributed by atoms with van der Waals surface area (Å²) >= 11 is 0. The summed E-state index contributed by atoms with van der Waals surface area (Å²) in [5, 5.41) is 0.661. The minimum atomic E-state index is -0.643. The summed E-state index contributed by atoms with van der Waals surface area (Å²) in [6, 6.07) is 27.9. The van der Waals surface area contributed by atoms with Gasteiger partial charge in [0.15, 0.2) is 11.3 Å². The van der Waals surface area contributed by atoms with Crippen LogP contribution in [0.2, 0.25) is 0 Å². The molecule has 0 N–H and O–H groups in total. The molecule has 0 saturated carbocycles. The number of ether oxygens (including phenoxy) is 1. The molecule has 0 bridgehead atoms. The number of para-hydroxylation sites is 1. The van der Waals surface area contributed by atoms with Gasteiger partial charge in [0.05, 0.1) is 13.2 Å². The predicted molar refractivity (Wildman–Crippen MR) is 131 cm³/mol. The lowest BCUT2D eigenvalue weighted by atomic mass is 9.96. The second-order valence-electron chi connectivity index (χ2n) is 8.38. The molecule has 5 rings (SSSR count). The van der Waals surface area contributed by atoms with E-state index in [1.807, 2.05) is 18.2 Å². The maximum atomic E-state index is 13.3. The van der Waals surface area contributed by atoms with Crippen LogP contribution in [0.25, 0.3) is 11.0 Å². The maximum absolute atomic E-state index is 13.3. The number of hydrogen-bond donors (Lipinski definition) is 0. The summed E-state index contributed by atoms with van der Waals surface area (Å²) in [4.78, 5) is 30.0. The fourth-order valence-electron chi connectivity index (χ4n) is 4.67. The van der Waals surface area contributed by atoms with Gasteiger partial charge in [0.25, 0.3) is 5.91 Å². The van der Waals surface area contributed by atoms with E-state index in [1.54, 1.807) is 23.1 Å². The van der Waals surface area contributed by atoms with Crippen LogP contribution in [0.5, 0.6) is 5.75 Å². The lowest BCUT2D eigenvalue weighted by Crippen LogP contribution is -2.50. The van der Waals surface area contributed by atoms with Gasteiger partial charge in [-0.2, -0.15) is 0 Å². The Kier molecular flexibility index (Phi) is 6.14. The average molecular weight is 455 g/mol. The molecule has 0 unspecified atom stereocenters. The van der Waals surface area contributed by atoms with E-state index in [2.05, 4.69) is 53.4 Å². The minimum Gasteiger partial charge on any atom is -0.493 e. The number of methoxy groups -OCH3 is 1. The van der Waals surface area contributed by atoms with E-state index in [4.69, 9.17) is 9.15 Å². The summed E-state index contributed by atoms with van der Waals surface area (Å²) in [7, 11) is 1.52. The Hall–Kier alpha value is -3.90. The highest BCUT2D eigenvalue weighted by atomic mass is 16.5. The fourth-order valence-corrected chi connectivity index (χ4v) is 4.67. The molecule has 1 aliphatic rings. The van der Waals surface area contributed by atoms with Crippen LogP contribution in [0, 0.1) is 0 Å². The third kappa shape index (κ3) is 4.20. The molecule has 1 amide bonds. The molecule has 1 saturated heterocycles. The SMILES string of the molecule is COc1cccc2cc(C(=O)N3CCN(C(c4ccccc4)c4ccccc4)CC3)c(=O)oc12. The van der Waals surface area contributed by atoms with Gasteiger partial charge < -0.3 is 14.1 Å². The lowest BCUT2D eigenvalue weighted by molar-refractivity contribution is 0.0593.